The van der Waals surface area contributed by atoms with Crippen LogP contribution in [0.15, 0.2) is 65.7 Å². The highest BCUT2D eigenvalue weighted by Crippen LogP contribution is 2.44. The van der Waals surface area contributed by atoms with Crippen molar-refractivity contribution >= 4 is 11.8 Å². The third-order valence-corrected chi connectivity index (χ3v) is 5.11. The van der Waals surface area contributed by atoms with E-state index in [9.17, 15) is 0 Å². The number of pyridine rings is 1. The molecule has 3 aromatic rings. The Kier molecular flexibility index (Phi) is 3.04. The van der Waals surface area contributed by atoms with Crippen molar-refractivity contribution in [1.82, 2.24) is 4.98 Å². The summed E-state index contributed by atoms with van der Waals surface area (Å²) in [6, 6.07) is 19.1. The normalized spacial score (nSPS) is 12.6. The van der Waals surface area contributed by atoms with Gasteiger partial charge in [-0.2, -0.15) is 0 Å². The average Bonchev–Trinajstić information content (AvgIpc) is 2.55. The van der Waals surface area contributed by atoms with Crippen molar-refractivity contribution in [2.45, 2.75) is 17.6 Å². The highest BCUT2D eigenvalue weighted by Gasteiger charge is 2.20. The van der Waals surface area contributed by atoms with Gasteiger partial charge in [-0.1, -0.05) is 48.5 Å². The largest absolute Gasteiger partial charge is 0.256 e. The lowest BCUT2D eigenvalue weighted by molar-refractivity contribution is 1.19. The van der Waals surface area contributed by atoms with Crippen LogP contribution >= 0.6 is 11.8 Å². The molecular formula is C19H15NS. The molecule has 0 fully saturated rings. The first-order valence-electron chi connectivity index (χ1n) is 7.10. The lowest BCUT2D eigenvalue weighted by Gasteiger charge is -2.22. The molecule has 0 saturated carbocycles. The van der Waals surface area contributed by atoms with E-state index < -0.39 is 0 Å². The third-order valence-electron chi connectivity index (χ3n) is 3.99. The molecule has 2 heteroatoms. The molecule has 0 radical (unpaired) electrons. The molecule has 0 spiro atoms. The van der Waals surface area contributed by atoms with E-state index in [1.54, 1.807) is 0 Å². The third kappa shape index (κ3) is 2.07. The van der Waals surface area contributed by atoms with Gasteiger partial charge in [0.2, 0.25) is 0 Å². The first-order valence-corrected chi connectivity index (χ1v) is 8.09. The maximum atomic E-state index is 4.72. The predicted molar refractivity (Wildman–Crippen MR) is 89.4 cm³/mol. The van der Waals surface area contributed by atoms with E-state index in [1.807, 2.05) is 24.0 Å². The van der Waals surface area contributed by atoms with Crippen LogP contribution in [0.1, 0.15) is 11.1 Å². The molecule has 21 heavy (non-hydrogen) atoms. The van der Waals surface area contributed by atoms with Gasteiger partial charge >= 0.3 is 0 Å². The van der Waals surface area contributed by atoms with Gasteiger partial charge < -0.3 is 0 Å². The second kappa shape index (κ2) is 5.05. The number of nitrogens with zero attached hydrogens (tertiary/aromatic N) is 1. The number of fused-ring (bicyclic) bond motifs is 3. The Morgan fingerprint density at radius 3 is 2.57 bits per heavy atom. The maximum Gasteiger partial charge on any atom is 0.0737 e. The smallest absolute Gasteiger partial charge is 0.0737 e. The van der Waals surface area contributed by atoms with E-state index >= 15 is 0 Å². The molecule has 2 heterocycles. The SMILES string of the molecule is Cc1c(-c2ccccc2)ncc2c1-c1ccccc1SC2. The van der Waals surface area contributed by atoms with Crippen molar-refractivity contribution in [3.8, 4) is 22.4 Å². The number of rotatable bonds is 1. The molecule has 102 valence electrons. The van der Waals surface area contributed by atoms with Crippen molar-refractivity contribution in [2.75, 3.05) is 0 Å². The summed E-state index contributed by atoms with van der Waals surface area (Å²) in [5.74, 6) is 1.01. The molecular weight excluding hydrogens is 274 g/mol. The summed E-state index contributed by atoms with van der Waals surface area (Å²) < 4.78 is 0. The molecule has 1 nitrogen and oxygen atoms in total. The summed E-state index contributed by atoms with van der Waals surface area (Å²) in [4.78, 5) is 6.09. The van der Waals surface area contributed by atoms with Gasteiger partial charge in [-0.3, -0.25) is 4.98 Å². The quantitative estimate of drug-likeness (QED) is 0.600. The van der Waals surface area contributed by atoms with E-state index in [0.29, 0.717) is 0 Å². The molecule has 0 amide bonds. The van der Waals surface area contributed by atoms with Crippen LogP contribution < -0.4 is 0 Å². The Hall–Kier alpha value is -2.06. The van der Waals surface area contributed by atoms with Crippen LogP contribution in [0, 0.1) is 6.92 Å². The van der Waals surface area contributed by atoms with Crippen LogP contribution in [0.4, 0.5) is 0 Å². The summed E-state index contributed by atoms with van der Waals surface area (Å²) in [6.45, 7) is 2.20. The molecule has 0 aliphatic carbocycles. The van der Waals surface area contributed by atoms with Gasteiger partial charge in [0.1, 0.15) is 0 Å². The predicted octanol–water partition coefficient (Wildman–Crippen LogP) is 5.33. The van der Waals surface area contributed by atoms with E-state index in [4.69, 9.17) is 4.98 Å². The lowest BCUT2D eigenvalue weighted by atomic mass is 9.93. The highest BCUT2D eigenvalue weighted by atomic mass is 32.2. The van der Waals surface area contributed by atoms with Gasteiger partial charge in [0.05, 0.1) is 5.69 Å². The van der Waals surface area contributed by atoms with Gasteiger partial charge in [-0.25, -0.2) is 0 Å². The number of aromatic nitrogens is 1. The first-order chi connectivity index (χ1) is 10.3. The maximum absolute atomic E-state index is 4.72. The van der Waals surface area contributed by atoms with Crippen LogP contribution in [0.5, 0.6) is 0 Å². The van der Waals surface area contributed by atoms with Gasteiger partial charge in [0.25, 0.3) is 0 Å². The van der Waals surface area contributed by atoms with E-state index in [0.717, 1.165) is 11.4 Å². The van der Waals surface area contributed by atoms with Crippen molar-refractivity contribution in [3.05, 3.63) is 71.9 Å². The molecule has 0 unspecified atom stereocenters. The van der Waals surface area contributed by atoms with Crippen LogP contribution in [-0.2, 0) is 5.75 Å². The minimum absolute atomic E-state index is 1.01. The minimum atomic E-state index is 1.01. The zero-order valence-corrected chi connectivity index (χ0v) is 12.7. The number of hydrogen-bond acceptors (Lipinski definition) is 2. The summed E-state index contributed by atoms with van der Waals surface area (Å²) >= 11 is 1.90. The minimum Gasteiger partial charge on any atom is -0.256 e. The molecule has 4 rings (SSSR count). The number of thioether (sulfide) groups is 1. The Morgan fingerprint density at radius 1 is 0.952 bits per heavy atom. The van der Waals surface area contributed by atoms with E-state index in [2.05, 4.69) is 55.5 Å². The summed E-state index contributed by atoms with van der Waals surface area (Å²) in [5.41, 5.74) is 7.63. The monoisotopic (exact) mass is 289 g/mol. The Morgan fingerprint density at radius 2 is 1.71 bits per heavy atom. The van der Waals surface area contributed by atoms with Gasteiger partial charge in [0.15, 0.2) is 0 Å². The molecule has 2 aromatic carbocycles. The zero-order valence-electron chi connectivity index (χ0n) is 11.8. The molecule has 1 aliphatic rings. The molecule has 1 aromatic heterocycles. The molecule has 0 saturated heterocycles. The first kappa shape index (κ1) is 12.7. The fourth-order valence-corrected chi connectivity index (χ4v) is 4.02. The fraction of sp³-hybridized carbons (Fsp3) is 0.105. The molecule has 1 aliphatic heterocycles. The van der Waals surface area contributed by atoms with Crippen LogP contribution in [0.25, 0.3) is 22.4 Å². The van der Waals surface area contributed by atoms with Gasteiger partial charge in [-0.05, 0) is 35.2 Å². The van der Waals surface area contributed by atoms with Crippen molar-refractivity contribution in [3.63, 3.8) is 0 Å². The number of hydrogen-bond donors (Lipinski definition) is 0. The van der Waals surface area contributed by atoms with Crippen molar-refractivity contribution < 1.29 is 0 Å². The summed E-state index contributed by atoms with van der Waals surface area (Å²) in [6.07, 6.45) is 2.05. The second-order valence-electron chi connectivity index (χ2n) is 5.28. The molecule has 0 bridgehead atoms. The average molecular weight is 289 g/mol. The zero-order chi connectivity index (χ0) is 14.2. The topological polar surface area (TPSA) is 12.9 Å². The van der Waals surface area contributed by atoms with Crippen molar-refractivity contribution in [2.24, 2.45) is 0 Å². The summed E-state index contributed by atoms with van der Waals surface area (Å²) in [5, 5.41) is 0. The number of benzene rings is 2. The lowest BCUT2D eigenvalue weighted by Crippen LogP contribution is -2.02. The molecule has 0 N–H and O–H groups in total. The van der Waals surface area contributed by atoms with Crippen LogP contribution in [0.3, 0.4) is 0 Å². The Bertz CT molecular complexity index is 809. The van der Waals surface area contributed by atoms with Crippen LogP contribution in [-0.4, -0.2) is 4.98 Å². The van der Waals surface area contributed by atoms with Crippen LogP contribution in [0.2, 0.25) is 0 Å². The summed E-state index contributed by atoms with van der Waals surface area (Å²) in [7, 11) is 0. The molecule has 0 atom stereocenters. The van der Waals surface area contributed by atoms with E-state index in [1.165, 1.54) is 32.7 Å². The Labute approximate surface area is 129 Å². The highest BCUT2D eigenvalue weighted by molar-refractivity contribution is 7.98. The Balaban J connectivity index is 1.97. The second-order valence-corrected chi connectivity index (χ2v) is 6.30. The van der Waals surface area contributed by atoms with Crippen molar-refractivity contribution in [1.29, 1.82) is 0 Å². The fourth-order valence-electron chi connectivity index (χ4n) is 2.99. The van der Waals surface area contributed by atoms with E-state index in [-0.39, 0.29) is 0 Å². The van der Waals surface area contributed by atoms with Gasteiger partial charge in [-0.15, -0.1) is 11.8 Å². The standard InChI is InChI=1S/C19H15NS/c1-13-18-15(12-21-17-10-6-5-9-16(17)18)11-20-19(13)14-7-3-2-4-8-14/h2-11H,12H2,1H3. The van der Waals surface area contributed by atoms with Gasteiger partial charge in [0, 0.05) is 22.4 Å².